The summed E-state index contributed by atoms with van der Waals surface area (Å²) in [5.74, 6) is -0.493. The van der Waals surface area contributed by atoms with Crippen LogP contribution < -0.4 is 0 Å². The number of hydrogen-bond acceptors (Lipinski definition) is 5. The Bertz CT molecular complexity index is 971. The summed E-state index contributed by atoms with van der Waals surface area (Å²) in [6, 6.07) is 3.23. The topological polar surface area (TPSA) is 80.9 Å². The number of hydrogen-bond donors (Lipinski definition) is 4. The average molecular weight is 475 g/mol. The minimum atomic E-state index is -0.402. The molecule has 0 aliphatic carbocycles. The molecule has 5 heteroatoms. The molecule has 0 aromatic heterocycles. The molecule has 4 nitrogen and oxygen atoms in total. The Balaban J connectivity index is 3.01. The van der Waals surface area contributed by atoms with Gasteiger partial charge in [0.15, 0.2) is 23.0 Å². The molecule has 2 rings (SSSR count). The Morgan fingerprint density at radius 1 is 0.455 bits per heavy atom. The first-order valence-electron chi connectivity index (χ1n) is 11.5. The Morgan fingerprint density at radius 3 is 0.909 bits per heavy atom. The van der Waals surface area contributed by atoms with E-state index in [0.29, 0.717) is 11.1 Å². The molecule has 0 aliphatic heterocycles. The van der Waals surface area contributed by atoms with Gasteiger partial charge in [0.25, 0.3) is 0 Å². The van der Waals surface area contributed by atoms with Crippen molar-refractivity contribution in [3.63, 3.8) is 0 Å². The van der Waals surface area contributed by atoms with Gasteiger partial charge in [0, 0.05) is 20.9 Å². The predicted molar refractivity (Wildman–Crippen MR) is 138 cm³/mol. The molecule has 0 saturated carbocycles. The Labute approximate surface area is 204 Å². The average Bonchev–Trinajstić information content (AvgIpc) is 2.56. The number of phenols is 4. The maximum absolute atomic E-state index is 10.9. The molecular weight excluding hydrogens is 432 g/mol. The summed E-state index contributed by atoms with van der Waals surface area (Å²) in [7, 11) is 0. The summed E-state index contributed by atoms with van der Waals surface area (Å²) in [5.41, 5.74) is 1.92. The molecule has 0 amide bonds. The molecule has 184 valence electrons. The van der Waals surface area contributed by atoms with Crippen LogP contribution in [0.1, 0.15) is 105 Å². The molecule has 0 radical (unpaired) electrons. The summed E-state index contributed by atoms with van der Waals surface area (Å²) in [5, 5.41) is 43.0. The fraction of sp³-hybridized carbons (Fsp3) is 0.571. The third kappa shape index (κ3) is 5.40. The van der Waals surface area contributed by atoms with Gasteiger partial charge < -0.3 is 20.4 Å². The van der Waals surface area contributed by atoms with Crippen LogP contribution in [0.5, 0.6) is 23.0 Å². The van der Waals surface area contributed by atoms with Crippen LogP contribution in [0.4, 0.5) is 0 Å². The van der Waals surface area contributed by atoms with Crippen molar-refractivity contribution in [3.05, 3.63) is 34.4 Å². The van der Waals surface area contributed by atoms with Gasteiger partial charge in [-0.25, -0.2) is 0 Å². The molecule has 0 unspecified atom stereocenters. The lowest BCUT2D eigenvalue weighted by atomic mass is 9.74. The predicted octanol–water partition coefficient (Wildman–Crippen LogP) is 7.85. The van der Waals surface area contributed by atoms with Crippen LogP contribution in [-0.2, 0) is 21.7 Å². The van der Waals surface area contributed by atoms with Gasteiger partial charge in [-0.1, -0.05) is 94.8 Å². The monoisotopic (exact) mass is 474 g/mol. The fourth-order valence-electron chi connectivity index (χ4n) is 4.50. The zero-order valence-electron chi connectivity index (χ0n) is 22.4. The van der Waals surface area contributed by atoms with Gasteiger partial charge in [-0.3, -0.25) is 0 Å². The standard InChI is InChI=1S/C28H42O4S/c1-25(2,3)19-17(13-15(29)23(31)21(19)27(7,8)9)33-18-14-16(30)24(32)22(28(10,11)12)20(18)26(4,5)6/h13-14,29-32H,1-12H3. The smallest absolute Gasteiger partial charge is 0.161 e. The van der Waals surface area contributed by atoms with Crippen LogP contribution in [0.25, 0.3) is 0 Å². The van der Waals surface area contributed by atoms with E-state index in [1.54, 1.807) is 12.1 Å². The molecule has 0 heterocycles. The molecule has 0 aliphatic rings. The summed E-state index contributed by atoms with van der Waals surface area (Å²) in [4.78, 5) is 1.64. The Hall–Kier alpha value is -2.01. The lowest BCUT2D eigenvalue weighted by Gasteiger charge is -2.35. The molecular formula is C28H42O4S. The van der Waals surface area contributed by atoms with Gasteiger partial charge in [-0.15, -0.1) is 0 Å². The third-order valence-corrected chi connectivity index (χ3v) is 6.79. The fourth-order valence-corrected chi connectivity index (χ4v) is 6.10. The second kappa shape index (κ2) is 8.33. The van der Waals surface area contributed by atoms with Gasteiger partial charge >= 0.3 is 0 Å². The van der Waals surface area contributed by atoms with Crippen molar-refractivity contribution in [1.29, 1.82) is 0 Å². The van der Waals surface area contributed by atoms with Crippen LogP contribution in [0.3, 0.4) is 0 Å². The number of phenolic OH excluding ortho intramolecular Hbond substituents is 4. The van der Waals surface area contributed by atoms with E-state index in [9.17, 15) is 20.4 Å². The molecule has 4 N–H and O–H groups in total. The van der Waals surface area contributed by atoms with Crippen molar-refractivity contribution in [1.82, 2.24) is 0 Å². The highest BCUT2D eigenvalue weighted by Crippen LogP contribution is 2.53. The van der Waals surface area contributed by atoms with Crippen molar-refractivity contribution in [3.8, 4) is 23.0 Å². The van der Waals surface area contributed by atoms with Gasteiger partial charge in [-0.05, 0) is 44.9 Å². The van der Waals surface area contributed by atoms with E-state index in [0.717, 1.165) is 20.9 Å². The van der Waals surface area contributed by atoms with E-state index >= 15 is 0 Å². The molecule has 2 aromatic rings. The van der Waals surface area contributed by atoms with Crippen molar-refractivity contribution in [2.75, 3.05) is 0 Å². The van der Waals surface area contributed by atoms with Gasteiger partial charge in [0.05, 0.1) is 0 Å². The first-order valence-corrected chi connectivity index (χ1v) is 12.3. The zero-order chi connectivity index (χ0) is 25.9. The third-order valence-electron chi connectivity index (χ3n) is 5.71. The lowest BCUT2D eigenvalue weighted by Crippen LogP contribution is -2.24. The van der Waals surface area contributed by atoms with E-state index in [4.69, 9.17) is 0 Å². The highest BCUT2D eigenvalue weighted by molar-refractivity contribution is 7.99. The molecule has 0 atom stereocenters. The van der Waals surface area contributed by atoms with Gasteiger partial charge in [0.1, 0.15) is 0 Å². The second-order valence-corrected chi connectivity index (χ2v) is 14.2. The first kappa shape index (κ1) is 27.2. The molecule has 0 fully saturated rings. The van der Waals surface area contributed by atoms with E-state index in [1.165, 1.54) is 11.8 Å². The molecule has 0 saturated heterocycles. The summed E-state index contributed by atoms with van der Waals surface area (Å²) in [6.07, 6.45) is 0. The maximum Gasteiger partial charge on any atom is 0.161 e. The van der Waals surface area contributed by atoms with Crippen LogP contribution in [0, 0.1) is 0 Å². The van der Waals surface area contributed by atoms with E-state index in [-0.39, 0.29) is 33.8 Å². The van der Waals surface area contributed by atoms with Crippen LogP contribution in [0.2, 0.25) is 0 Å². The van der Waals surface area contributed by atoms with Gasteiger partial charge in [0.2, 0.25) is 0 Å². The quantitative estimate of drug-likeness (QED) is 0.333. The summed E-state index contributed by atoms with van der Waals surface area (Å²) in [6.45, 7) is 24.7. The lowest BCUT2D eigenvalue weighted by molar-refractivity contribution is 0.380. The highest BCUT2D eigenvalue weighted by atomic mass is 32.2. The molecule has 2 aromatic carbocycles. The summed E-state index contributed by atoms with van der Waals surface area (Å²) >= 11 is 1.46. The van der Waals surface area contributed by atoms with E-state index < -0.39 is 10.8 Å². The second-order valence-electron chi connectivity index (χ2n) is 13.1. The zero-order valence-corrected chi connectivity index (χ0v) is 23.2. The molecule has 0 bridgehead atoms. The Kier molecular flexibility index (Phi) is 6.88. The highest BCUT2D eigenvalue weighted by Gasteiger charge is 2.36. The van der Waals surface area contributed by atoms with Gasteiger partial charge in [-0.2, -0.15) is 0 Å². The molecule has 0 spiro atoms. The molecule has 33 heavy (non-hydrogen) atoms. The number of benzene rings is 2. The summed E-state index contributed by atoms with van der Waals surface area (Å²) < 4.78 is 0. The first-order chi connectivity index (χ1) is 14.6. The Morgan fingerprint density at radius 2 is 0.697 bits per heavy atom. The van der Waals surface area contributed by atoms with E-state index in [2.05, 4.69) is 41.5 Å². The van der Waals surface area contributed by atoms with Crippen molar-refractivity contribution < 1.29 is 20.4 Å². The van der Waals surface area contributed by atoms with Crippen LogP contribution in [-0.4, -0.2) is 20.4 Å². The van der Waals surface area contributed by atoms with E-state index in [1.807, 2.05) is 41.5 Å². The minimum Gasteiger partial charge on any atom is -0.504 e. The SMILES string of the molecule is CC(C)(C)c1c(Sc2cc(O)c(O)c(C(C)(C)C)c2C(C)(C)C)cc(O)c(O)c1C(C)(C)C. The van der Waals surface area contributed by atoms with Crippen molar-refractivity contribution in [2.45, 2.75) is 115 Å². The maximum atomic E-state index is 10.9. The largest absolute Gasteiger partial charge is 0.504 e. The normalized spacial score (nSPS) is 13.5. The van der Waals surface area contributed by atoms with Crippen molar-refractivity contribution >= 4 is 11.8 Å². The minimum absolute atomic E-state index is 0.0863. The van der Waals surface area contributed by atoms with Crippen LogP contribution in [0.15, 0.2) is 21.9 Å². The van der Waals surface area contributed by atoms with Crippen molar-refractivity contribution in [2.24, 2.45) is 0 Å². The number of aromatic hydroxyl groups is 4. The van der Waals surface area contributed by atoms with Crippen LogP contribution >= 0.6 is 11.8 Å². The number of rotatable bonds is 2.